The summed E-state index contributed by atoms with van der Waals surface area (Å²) >= 11 is 5.23. The first-order chi connectivity index (χ1) is 7.95. The highest BCUT2D eigenvalue weighted by Crippen LogP contribution is 2.27. The predicted molar refractivity (Wildman–Crippen MR) is 70.7 cm³/mol. The van der Waals surface area contributed by atoms with E-state index in [1.807, 2.05) is 12.1 Å². The molecule has 0 amide bonds. The molecule has 3 heteroatoms. The summed E-state index contributed by atoms with van der Waals surface area (Å²) in [6.07, 6.45) is 1.33. The fourth-order valence-corrected chi connectivity index (χ4v) is 1.53. The zero-order valence-electron chi connectivity index (χ0n) is 10.6. The molecule has 0 saturated carbocycles. The van der Waals surface area contributed by atoms with E-state index in [1.165, 1.54) is 5.56 Å². The van der Waals surface area contributed by atoms with E-state index in [-0.39, 0.29) is 17.1 Å². The third-order valence-electron chi connectivity index (χ3n) is 3.09. The van der Waals surface area contributed by atoms with Crippen LogP contribution in [0.3, 0.4) is 0 Å². The predicted octanol–water partition coefficient (Wildman–Crippen LogP) is 3.91. The molecule has 0 bridgehead atoms. The topological polar surface area (TPSA) is 26.3 Å². The van der Waals surface area contributed by atoms with Crippen LogP contribution in [0.4, 0.5) is 0 Å². The maximum absolute atomic E-state index is 10.5. The van der Waals surface area contributed by atoms with E-state index >= 15 is 0 Å². The monoisotopic (exact) mass is 254 g/mol. The van der Waals surface area contributed by atoms with Crippen LogP contribution in [-0.2, 0) is 10.2 Å². The number of benzene rings is 1. The second-order valence-corrected chi connectivity index (χ2v) is 5.14. The Balaban J connectivity index is 2.59. The minimum absolute atomic E-state index is 0.185. The molecule has 0 aliphatic carbocycles. The van der Waals surface area contributed by atoms with Crippen LogP contribution in [-0.4, -0.2) is 11.8 Å². The van der Waals surface area contributed by atoms with Gasteiger partial charge in [-0.25, -0.2) is 0 Å². The smallest absolute Gasteiger partial charge is 0.225 e. The lowest BCUT2D eigenvalue weighted by Gasteiger charge is -2.23. The van der Waals surface area contributed by atoms with Gasteiger partial charge >= 0.3 is 0 Å². The van der Waals surface area contributed by atoms with Crippen molar-refractivity contribution in [3.05, 3.63) is 29.8 Å². The minimum atomic E-state index is -0.367. The SMILES string of the molecule is CCC(C)(C)c1ccc(OCCC(=O)Cl)cc1. The normalized spacial score (nSPS) is 11.3. The Kier molecular flexibility index (Phi) is 5.01. The minimum Gasteiger partial charge on any atom is -0.493 e. The van der Waals surface area contributed by atoms with E-state index in [1.54, 1.807) is 0 Å². The Morgan fingerprint density at radius 2 is 1.88 bits per heavy atom. The maximum Gasteiger partial charge on any atom is 0.225 e. The van der Waals surface area contributed by atoms with Gasteiger partial charge in [0, 0.05) is 0 Å². The molecule has 94 valence electrons. The van der Waals surface area contributed by atoms with E-state index < -0.39 is 0 Å². The molecule has 0 aromatic heterocycles. The van der Waals surface area contributed by atoms with Crippen molar-refractivity contribution in [1.82, 2.24) is 0 Å². The standard InChI is InChI=1S/C14H19ClO2/c1-4-14(2,3)11-5-7-12(8-6-11)17-10-9-13(15)16/h5-8H,4,9-10H2,1-3H3. The lowest BCUT2D eigenvalue weighted by atomic mass is 9.82. The Labute approximate surface area is 108 Å². The quantitative estimate of drug-likeness (QED) is 0.720. The van der Waals surface area contributed by atoms with E-state index in [4.69, 9.17) is 16.3 Å². The Morgan fingerprint density at radius 1 is 1.29 bits per heavy atom. The molecule has 1 aromatic carbocycles. The summed E-state index contributed by atoms with van der Waals surface area (Å²) in [7, 11) is 0. The number of carbonyl (C=O) groups is 1. The number of ether oxygens (including phenoxy) is 1. The summed E-state index contributed by atoms with van der Waals surface area (Å²) in [6, 6.07) is 8.01. The zero-order valence-corrected chi connectivity index (χ0v) is 11.4. The highest BCUT2D eigenvalue weighted by Gasteiger charge is 2.17. The first-order valence-electron chi connectivity index (χ1n) is 5.87. The number of carbonyl (C=O) groups excluding carboxylic acids is 1. The molecular weight excluding hydrogens is 236 g/mol. The summed E-state index contributed by atoms with van der Waals surface area (Å²) in [4.78, 5) is 10.5. The molecule has 0 radical (unpaired) electrons. The van der Waals surface area contributed by atoms with Gasteiger partial charge in [-0.05, 0) is 41.1 Å². The summed E-state index contributed by atoms with van der Waals surface area (Å²) in [5, 5.41) is -0.367. The third-order valence-corrected chi connectivity index (χ3v) is 3.28. The van der Waals surface area contributed by atoms with Gasteiger partial charge in [0.15, 0.2) is 0 Å². The molecular formula is C14H19ClO2. The van der Waals surface area contributed by atoms with Crippen LogP contribution in [0.2, 0.25) is 0 Å². The fourth-order valence-electron chi connectivity index (χ4n) is 1.46. The average molecular weight is 255 g/mol. The molecule has 0 heterocycles. The van der Waals surface area contributed by atoms with Crippen molar-refractivity contribution in [2.45, 2.75) is 39.0 Å². The van der Waals surface area contributed by atoms with Crippen LogP contribution in [0.25, 0.3) is 0 Å². The lowest BCUT2D eigenvalue weighted by Crippen LogP contribution is -2.15. The van der Waals surface area contributed by atoms with E-state index in [9.17, 15) is 4.79 Å². The molecule has 0 spiro atoms. The summed E-state index contributed by atoms with van der Waals surface area (Å²) in [6.45, 7) is 6.94. The molecule has 0 N–H and O–H groups in total. The van der Waals surface area contributed by atoms with Crippen LogP contribution in [0.1, 0.15) is 39.2 Å². The molecule has 0 saturated heterocycles. The summed E-state index contributed by atoms with van der Waals surface area (Å²) in [5.74, 6) is 0.776. The first kappa shape index (κ1) is 14.0. The summed E-state index contributed by atoms with van der Waals surface area (Å²) < 4.78 is 5.41. The maximum atomic E-state index is 10.5. The molecule has 17 heavy (non-hydrogen) atoms. The molecule has 1 aromatic rings. The number of rotatable bonds is 6. The number of halogens is 1. The molecule has 0 aliphatic heterocycles. The first-order valence-corrected chi connectivity index (χ1v) is 6.25. The second-order valence-electron chi connectivity index (χ2n) is 4.72. The zero-order chi connectivity index (χ0) is 12.9. The Morgan fingerprint density at radius 3 is 2.35 bits per heavy atom. The average Bonchev–Trinajstić information content (AvgIpc) is 2.29. The highest BCUT2D eigenvalue weighted by atomic mass is 35.5. The number of hydrogen-bond donors (Lipinski definition) is 0. The van der Waals surface area contributed by atoms with Crippen LogP contribution in [0.5, 0.6) is 5.75 Å². The molecule has 0 atom stereocenters. The molecule has 0 aliphatic rings. The van der Waals surface area contributed by atoms with Crippen molar-refractivity contribution in [2.75, 3.05) is 6.61 Å². The van der Waals surface area contributed by atoms with Gasteiger partial charge in [0.1, 0.15) is 5.75 Å². The van der Waals surface area contributed by atoms with Gasteiger partial charge in [-0.2, -0.15) is 0 Å². The molecule has 2 nitrogen and oxygen atoms in total. The van der Waals surface area contributed by atoms with Gasteiger partial charge in [0.25, 0.3) is 0 Å². The van der Waals surface area contributed by atoms with Crippen molar-refractivity contribution in [2.24, 2.45) is 0 Å². The second kappa shape index (κ2) is 6.06. The lowest BCUT2D eigenvalue weighted by molar-refractivity contribution is -0.112. The van der Waals surface area contributed by atoms with Crippen molar-refractivity contribution in [1.29, 1.82) is 0 Å². The molecule has 0 unspecified atom stereocenters. The van der Waals surface area contributed by atoms with Crippen LogP contribution >= 0.6 is 11.6 Å². The number of hydrogen-bond acceptors (Lipinski definition) is 2. The van der Waals surface area contributed by atoms with Crippen LogP contribution in [0.15, 0.2) is 24.3 Å². The largest absolute Gasteiger partial charge is 0.493 e. The summed E-state index contributed by atoms with van der Waals surface area (Å²) in [5.41, 5.74) is 1.48. The molecule has 1 rings (SSSR count). The van der Waals surface area contributed by atoms with Crippen molar-refractivity contribution >= 4 is 16.8 Å². The van der Waals surface area contributed by atoms with Gasteiger partial charge in [-0.1, -0.05) is 32.9 Å². The van der Waals surface area contributed by atoms with Gasteiger partial charge in [-0.3, -0.25) is 4.79 Å². The van der Waals surface area contributed by atoms with E-state index in [0.717, 1.165) is 12.2 Å². The Bertz CT molecular complexity index is 368. The third kappa shape index (κ3) is 4.39. The van der Waals surface area contributed by atoms with Crippen molar-refractivity contribution in [3.63, 3.8) is 0 Å². The van der Waals surface area contributed by atoms with Crippen LogP contribution < -0.4 is 4.74 Å². The van der Waals surface area contributed by atoms with Crippen molar-refractivity contribution < 1.29 is 9.53 Å². The van der Waals surface area contributed by atoms with E-state index in [2.05, 4.69) is 32.9 Å². The van der Waals surface area contributed by atoms with Gasteiger partial charge in [0.2, 0.25) is 5.24 Å². The molecule has 0 fully saturated rings. The Hall–Kier alpha value is -1.02. The van der Waals surface area contributed by atoms with Gasteiger partial charge in [-0.15, -0.1) is 0 Å². The fraction of sp³-hybridized carbons (Fsp3) is 0.500. The van der Waals surface area contributed by atoms with Crippen molar-refractivity contribution in [3.8, 4) is 5.75 Å². The highest BCUT2D eigenvalue weighted by molar-refractivity contribution is 6.63. The van der Waals surface area contributed by atoms with Crippen LogP contribution in [0, 0.1) is 0 Å². The van der Waals surface area contributed by atoms with Gasteiger partial charge < -0.3 is 4.74 Å². The van der Waals surface area contributed by atoms with E-state index in [0.29, 0.717) is 6.61 Å². The van der Waals surface area contributed by atoms with Gasteiger partial charge in [0.05, 0.1) is 13.0 Å².